The Morgan fingerprint density at radius 3 is 2.38 bits per heavy atom. The molecule has 1 saturated carbocycles. The number of nitrogens with zero attached hydrogens (tertiary/aromatic N) is 5. The Balaban J connectivity index is 1.38. The van der Waals surface area contributed by atoms with Crippen LogP contribution in [-0.2, 0) is 14.3 Å². The molecular weight excluding hydrogens is 517 g/mol. The van der Waals surface area contributed by atoms with Crippen LogP contribution < -0.4 is 0 Å². The lowest BCUT2D eigenvalue weighted by Gasteiger charge is -2.32. The number of hydrazone groups is 1. The van der Waals surface area contributed by atoms with Crippen LogP contribution in [-0.4, -0.2) is 83.2 Å². The molecule has 1 atom stereocenters. The number of halogens is 1. The van der Waals surface area contributed by atoms with Crippen molar-refractivity contribution in [2.75, 3.05) is 45.9 Å². The molecule has 40 heavy (non-hydrogen) atoms. The van der Waals surface area contributed by atoms with E-state index in [2.05, 4.69) is 10.0 Å². The number of rotatable bonds is 9. The van der Waals surface area contributed by atoms with Crippen molar-refractivity contribution in [1.82, 2.24) is 14.8 Å². The maximum absolute atomic E-state index is 13.8. The van der Waals surface area contributed by atoms with Gasteiger partial charge in [0.25, 0.3) is 11.6 Å². The number of nitro groups is 1. The second-order valence-electron chi connectivity index (χ2n) is 10.6. The first-order chi connectivity index (χ1) is 19.4. The summed E-state index contributed by atoms with van der Waals surface area (Å²) in [5.41, 5.74) is 1.95. The fourth-order valence-electron chi connectivity index (χ4n) is 5.66. The zero-order valence-electron chi connectivity index (χ0n) is 22.4. The summed E-state index contributed by atoms with van der Waals surface area (Å²) >= 11 is 0. The van der Waals surface area contributed by atoms with Crippen molar-refractivity contribution in [2.24, 2.45) is 11.0 Å². The van der Waals surface area contributed by atoms with Crippen molar-refractivity contribution >= 4 is 23.2 Å². The van der Waals surface area contributed by atoms with Crippen molar-refractivity contribution < 1.29 is 23.6 Å². The Hall–Kier alpha value is -3.70. The fraction of sp³-hybridized carbons (Fsp3) is 0.483. The van der Waals surface area contributed by atoms with Crippen LogP contribution >= 0.6 is 0 Å². The van der Waals surface area contributed by atoms with Gasteiger partial charge in [0.2, 0.25) is 5.91 Å². The van der Waals surface area contributed by atoms with Gasteiger partial charge < -0.3 is 9.64 Å². The molecule has 3 aliphatic rings. The molecular formula is C29H34FN5O5. The second-order valence-corrected chi connectivity index (χ2v) is 10.6. The summed E-state index contributed by atoms with van der Waals surface area (Å²) in [5.74, 6) is -0.758. The van der Waals surface area contributed by atoms with Crippen LogP contribution in [0.3, 0.4) is 0 Å². The fourth-order valence-corrected chi connectivity index (χ4v) is 5.66. The number of non-ortho nitro benzene ring substituents is 1. The molecule has 0 spiro atoms. The normalized spacial score (nSPS) is 20.0. The average molecular weight is 552 g/mol. The molecule has 2 heterocycles. The van der Waals surface area contributed by atoms with Crippen LogP contribution in [0.1, 0.15) is 49.3 Å². The average Bonchev–Trinajstić information content (AvgIpc) is 3.67. The van der Waals surface area contributed by atoms with Crippen LogP contribution in [0.15, 0.2) is 53.6 Å². The third-order valence-corrected chi connectivity index (χ3v) is 7.96. The second kappa shape index (κ2) is 12.6. The minimum atomic E-state index is -0.485. The maximum Gasteiger partial charge on any atom is 0.269 e. The van der Waals surface area contributed by atoms with Gasteiger partial charge in [-0.25, -0.2) is 9.40 Å². The molecule has 11 heteroatoms. The molecule has 2 aromatic rings. The number of benzene rings is 2. The zero-order valence-corrected chi connectivity index (χ0v) is 22.4. The maximum atomic E-state index is 13.8. The van der Waals surface area contributed by atoms with E-state index in [1.54, 1.807) is 29.2 Å². The van der Waals surface area contributed by atoms with Gasteiger partial charge >= 0.3 is 0 Å². The molecule has 212 valence electrons. The molecule has 0 aromatic heterocycles. The molecule has 1 aliphatic carbocycles. The number of ether oxygens (including phenoxy) is 1. The summed E-state index contributed by atoms with van der Waals surface area (Å²) in [7, 11) is 0. The highest BCUT2D eigenvalue weighted by atomic mass is 19.1. The Kier molecular flexibility index (Phi) is 8.81. The van der Waals surface area contributed by atoms with Crippen LogP contribution in [0.2, 0.25) is 0 Å². The number of hydrogen-bond acceptors (Lipinski definition) is 7. The van der Waals surface area contributed by atoms with E-state index in [0.717, 1.165) is 44.3 Å². The number of nitro benzene ring substituents is 1. The molecule has 5 rings (SSSR count). The molecule has 2 fully saturated rings. The van der Waals surface area contributed by atoms with Gasteiger partial charge in [-0.3, -0.25) is 24.6 Å². The summed E-state index contributed by atoms with van der Waals surface area (Å²) < 4.78 is 19.1. The van der Waals surface area contributed by atoms with Gasteiger partial charge in [-0.2, -0.15) is 5.10 Å². The smallest absolute Gasteiger partial charge is 0.269 e. The number of carbonyl (C=O) groups excluding carboxylic acids is 2. The van der Waals surface area contributed by atoms with E-state index in [-0.39, 0.29) is 35.8 Å². The molecule has 10 nitrogen and oxygen atoms in total. The molecule has 2 aliphatic heterocycles. The predicted octanol–water partition coefficient (Wildman–Crippen LogP) is 3.76. The highest BCUT2D eigenvalue weighted by Crippen LogP contribution is 2.34. The third kappa shape index (κ3) is 6.53. The van der Waals surface area contributed by atoms with E-state index in [9.17, 15) is 24.1 Å². The van der Waals surface area contributed by atoms with E-state index in [1.807, 2.05) is 0 Å². The van der Waals surface area contributed by atoms with E-state index < -0.39 is 11.0 Å². The number of amides is 2. The van der Waals surface area contributed by atoms with Gasteiger partial charge in [-0.05, 0) is 48.2 Å². The largest absolute Gasteiger partial charge is 0.379 e. The quantitative estimate of drug-likeness (QED) is 0.347. The van der Waals surface area contributed by atoms with Crippen LogP contribution in [0.4, 0.5) is 10.1 Å². The van der Waals surface area contributed by atoms with Gasteiger partial charge in [0.15, 0.2) is 0 Å². The Labute approximate surface area is 232 Å². The first-order valence-corrected chi connectivity index (χ1v) is 13.9. The summed E-state index contributed by atoms with van der Waals surface area (Å²) in [6, 6.07) is 11.5. The zero-order chi connectivity index (χ0) is 28.1. The number of carbonyl (C=O) groups is 2. The molecule has 0 N–H and O–H groups in total. The minimum Gasteiger partial charge on any atom is -0.379 e. The predicted molar refractivity (Wildman–Crippen MR) is 146 cm³/mol. The molecule has 2 amide bonds. The van der Waals surface area contributed by atoms with Gasteiger partial charge in [-0.1, -0.05) is 25.0 Å². The highest BCUT2D eigenvalue weighted by Gasteiger charge is 2.36. The van der Waals surface area contributed by atoms with E-state index >= 15 is 0 Å². The van der Waals surface area contributed by atoms with Crippen LogP contribution in [0.25, 0.3) is 0 Å². The van der Waals surface area contributed by atoms with E-state index in [0.29, 0.717) is 44.0 Å². The molecule has 0 bridgehead atoms. The summed E-state index contributed by atoms with van der Waals surface area (Å²) in [5, 5.41) is 17.1. The van der Waals surface area contributed by atoms with Gasteiger partial charge in [0.1, 0.15) is 12.4 Å². The van der Waals surface area contributed by atoms with Crippen molar-refractivity contribution in [1.29, 1.82) is 0 Å². The van der Waals surface area contributed by atoms with Crippen molar-refractivity contribution in [2.45, 2.75) is 38.1 Å². The SMILES string of the molecule is O=C(C1CCCC1)N(CCN1CCOCC1)CC(=O)N1N=C(c2ccc([N+](=O)[O-])cc2)CC1c1ccc(F)cc1. The van der Waals surface area contributed by atoms with Crippen molar-refractivity contribution in [3.8, 4) is 0 Å². The Bertz CT molecular complexity index is 1240. The summed E-state index contributed by atoms with van der Waals surface area (Å²) in [6.45, 7) is 3.89. The van der Waals surface area contributed by atoms with Crippen LogP contribution in [0, 0.1) is 21.8 Å². The molecule has 1 saturated heterocycles. The Morgan fingerprint density at radius 1 is 1.05 bits per heavy atom. The summed E-state index contributed by atoms with van der Waals surface area (Å²) in [6.07, 6.45) is 4.07. The van der Waals surface area contributed by atoms with E-state index in [1.165, 1.54) is 29.3 Å². The first kappa shape index (κ1) is 27.9. The highest BCUT2D eigenvalue weighted by molar-refractivity contribution is 6.03. The number of morpholine rings is 1. The topological polar surface area (TPSA) is 109 Å². The Morgan fingerprint density at radius 2 is 1.73 bits per heavy atom. The first-order valence-electron chi connectivity index (χ1n) is 13.9. The molecule has 1 unspecified atom stereocenters. The monoisotopic (exact) mass is 551 g/mol. The molecule has 0 radical (unpaired) electrons. The standard InChI is InChI=1S/C29H34FN5O5/c30-24-9-5-22(6-10-24)27-19-26(21-7-11-25(12-8-21)35(38)39)31-34(27)28(36)20-33(29(37)23-3-1-2-4-23)14-13-32-15-17-40-18-16-32/h5-12,23,27H,1-4,13-20H2. The molecule has 2 aromatic carbocycles. The lowest BCUT2D eigenvalue weighted by molar-refractivity contribution is -0.384. The van der Waals surface area contributed by atoms with Crippen molar-refractivity contribution in [3.63, 3.8) is 0 Å². The van der Waals surface area contributed by atoms with Crippen molar-refractivity contribution in [3.05, 3.63) is 75.6 Å². The van der Waals surface area contributed by atoms with Crippen LogP contribution in [0.5, 0.6) is 0 Å². The van der Waals surface area contributed by atoms with Gasteiger partial charge in [0, 0.05) is 50.7 Å². The third-order valence-electron chi connectivity index (χ3n) is 7.96. The lowest BCUT2D eigenvalue weighted by Crippen LogP contribution is -2.47. The van der Waals surface area contributed by atoms with Gasteiger partial charge in [0.05, 0.1) is 29.9 Å². The minimum absolute atomic E-state index is 0.0104. The van der Waals surface area contributed by atoms with Gasteiger partial charge in [-0.15, -0.1) is 0 Å². The van der Waals surface area contributed by atoms with E-state index in [4.69, 9.17) is 4.74 Å². The lowest BCUT2D eigenvalue weighted by atomic mass is 9.98. The summed E-state index contributed by atoms with van der Waals surface area (Å²) in [4.78, 5) is 41.9. The number of hydrogen-bond donors (Lipinski definition) is 0.